The summed E-state index contributed by atoms with van der Waals surface area (Å²) in [6.07, 6.45) is 1.85. The van der Waals surface area contributed by atoms with Gasteiger partial charge in [-0.2, -0.15) is 5.26 Å². The number of hydrogen-bond acceptors (Lipinski definition) is 5. The molecule has 1 fully saturated rings. The molecule has 6 heteroatoms. The number of nitriles is 1. The SMILES string of the molecule is Cc1cc(CN2CCN(c3ccc(C#N)cc3)CC2)cc2[nH]c(=O)c3c(c12)NCCC3. The molecule has 3 aromatic rings. The molecule has 31 heavy (non-hydrogen) atoms. The summed E-state index contributed by atoms with van der Waals surface area (Å²) >= 11 is 0. The molecule has 158 valence electrons. The molecule has 0 spiro atoms. The van der Waals surface area contributed by atoms with E-state index in [1.54, 1.807) is 0 Å². The summed E-state index contributed by atoms with van der Waals surface area (Å²) < 4.78 is 0. The van der Waals surface area contributed by atoms with Crippen molar-refractivity contribution in [3.63, 3.8) is 0 Å². The zero-order valence-corrected chi connectivity index (χ0v) is 17.9. The molecule has 2 aromatic carbocycles. The predicted octanol–water partition coefficient (Wildman–Crippen LogP) is 3.39. The van der Waals surface area contributed by atoms with Crippen LogP contribution in [0.2, 0.25) is 0 Å². The highest BCUT2D eigenvalue weighted by atomic mass is 16.1. The highest BCUT2D eigenvalue weighted by molar-refractivity contribution is 5.96. The number of aryl methyl sites for hydroxylation is 1. The molecule has 2 aliphatic heterocycles. The maximum absolute atomic E-state index is 12.6. The van der Waals surface area contributed by atoms with Crippen LogP contribution < -0.4 is 15.8 Å². The molecule has 0 aliphatic carbocycles. The molecular weight excluding hydrogens is 386 g/mol. The first-order valence-electron chi connectivity index (χ1n) is 11.0. The third kappa shape index (κ3) is 3.77. The Morgan fingerprint density at radius 2 is 1.87 bits per heavy atom. The molecular formula is C25H27N5O. The Morgan fingerprint density at radius 1 is 1.10 bits per heavy atom. The van der Waals surface area contributed by atoms with Gasteiger partial charge in [-0.25, -0.2) is 0 Å². The average Bonchev–Trinajstić information content (AvgIpc) is 2.79. The van der Waals surface area contributed by atoms with Crippen LogP contribution in [0.5, 0.6) is 0 Å². The van der Waals surface area contributed by atoms with Gasteiger partial charge < -0.3 is 15.2 Å². The molecule has 0 amide bonds. The number of aromatic nitrogens is 1. The van der Waals surface area contributed by atoms with E-state index in [-0.39, 0.29) is 5.56 Å². The number of piperazine rings is 1. The number of pyridine rings is 1. The number of rotatable bonds is 3. The fourth-order valence-corrected chi connectivity index (χ4v) is 4.93. The number of H-pyrrole nitrogens is 1. The Labute approximate surface area is 182 Å². The summed E-state index contributed by atoms with van der Waals surface area (Å²) in [6, 6.07) is 14.4. The van der Waals surface area contributed by atoms with Crippen molar-refractivity contribution in [3.05, 3.63) is 69.0 Å². The van der Waals surface area contributed by atoms with Gasteiger partial charge in [0.1, 0.15) is 0 Å². The first-order valence-corrected chi connectivity index (χ1v) is 11.0. The molecule has 1 aromatic heterocycles. The van der Waals surface area contributed by atoms with Crippen molar-refractivity contribution >= 4 is 22.3 Å². The summed E-state index contributed by atoms with van der Waals surface area (Å²) in [7, 11) is 0. The van der Waals surface area contributed by atoms with Crippen LogP contribution in [-0.2, 0) is 13.0 Å². The largest absolute Gasteiger partial charge is 0.384 e. The van der Waals surface area contributed by atoms with Crippen LogP contribution in [0.3, 0.4) is 0 Å². The third-order valence-corrected chi connectivity index (χ3v) is 6.51. The van der Waals surface area contributed by atoms with Crippen molar-refractivity contribution in [2.45, 2.75) is 26.3 Å². The number of hydrogen-bond donors (Lipinski definition) is 2. The zero-order chi connectivity index (χ0) is 21.4. The van der Waals surface area contributed by atoms with Crippen molar-refractivity contribution < 1.29 is 0 Å². The number of benzene rings is 2. The van der Waals surface area contributed by atoms with Crippen molar-refractivity contribution in [2.75, 3.05) is 42.9 Å². The Kier molecular flexibility index (Phi) is 5.13. The summed E-state index contributed by atoms with van der Waals surface area (Å²) in [5, 5.41) is 13.6. The van der Waals surface area contributed by atoms with Crippen molar-refractivity contribution in [3.8, 4) is 6.07 Å². The molecule has 6 nitrogen and oxygen atoms in total. The minimum atomic E-state index is 0.0438. The summed E-state index contributed by atoms with van der Waals surface area (Å²) in [5.41, 5.74) is 7.23. The highest BCUT2D eigenvalue weighted by Crippen LogP contribution is 2.31. The van der Waals surface area contributed by atoms with Gasteiger partial charge in [0.2, 0.25) is 0 Å². The van der Waals surface area contributed by atoms with Crippen molar-refractivity contribution in [1.29, 1.82) is 5.26 Å². The predicted molar refractivity (Wildman–Crippen MR) is 125 cm³/mol. The van der Waals surface area contributed by atoms with E-state index >= 15 is 0 Å². The molecule has 1 saturated heterocycles. The fourth-order valence-electron chi connectivity index (χ4n) is 4.93. The van der Waals surface area contributed by atoms with Gasteiger partial charge in [-0.3, -0.25) is 9.69 Å². The molecule has 0 atom stereocenters. The lowest BCUT2D eigenvalue weighted by molar-refractivity contribution is 0.250. The van der Waals surface area contributed by atoms with Crippen LogP contribution in [0.25, 0.3) is 10.9 Å². The molecule has 5 rings (SSSR count). The Bertz CT molecular complexity index is 1210. The van der Waals surface area contributed by atoms with Gasteiger partial charge in [0.15, 0.2) is 0 Å². The topological polar surface area (TPSA) is 75.2 Å². The molecule has 0 saturated carbocycles. The van der Waals surface area contributed by atoms with E-state index < -0.39 is 0 Å². The van der Waals surface area contributed by atoms with Gasteiger partial charge in [0, 0.05) is 55.9 Å². The lowest BCUT2D eigenvalue weighted by Crippen LogP contribution is -2.45. The zero-order valence-electron chi connectivity index (χ0n) is 17.9. The normalized spacial score (nSPS) is 16.6. The third-order valence-electron chi connectivity index (χ3n) is 6.51. The molecule has 2 N–H and O–H groups in total. The molecule has 0 bridgehead atoms. The number of nitrogens with one attached hydrogen (secondary N) is 2. The van der Waals surface area contributed by atoms with E-state index in [4.69, 9.17) is 5.26 Å². The van der Waals surface area contributed by atoms with E-state index in [0.29, 0.717) is 5.56 Å². The maximum atomic E-state index is 12.6. The molecule has 3 heterocycles. The first-order chi connectivity index (χ1) is 15.1. The quantitative estimate of drug-likeness (QED) is 0.688. The van der Waals surface area contributed by atoms with Gasteiger partial charge in [0.25, 0.3) is 5.56 Å². The van der Waals surface area contributed by atoms with Gasteiger partial charge >= 0.3 is 0 Å². The molecule has 2 aliphatic rings. The first kappa shape index (κ1) is 19.7. The smallest absolute Gasteiger partial charge is 0.253 e. The second-order valence-corrected chi connectivity index (χ2v) is 8.60. The lowest BCUT2D eigenvalue weighted by atomic mass is 9.97. The van der Waals surface area contributed by atoms with Crippen molar-refractivity contribution in [1.82, 2.24) is 9.88 Å². The van der Waals surface area contributed by atoms with E-state index in [2.05, 4.69) is 45.2 Å². The number of fused-ring (bicyclic) bond motifs is 3. The monoisotopic (exact) mass is 413 g/mol. The Balaban J connectivity index is 1.32. The highest BCUT2D eigenvalue weighted by Gasteiger charge is 2.20. The average molecular weight is 414 g/mol. The minimum Gasteiger partial charge on any atom is -0.384 e. The Hall–Kier alpha value is -3.30. The van der Waals surface area contributed by atoms with Gasteiger partial charge in [-0.05, 0) is 61.2 Å². The van der Waals surface area contributed by atoms with E-state index in [9.17, 15) is 4.79 Å². The molecule has 0 unspecified atom stereocenters. The van der Waals surface area contributed by atoms with Crippen LogP contribution in [0, 0.1) is 18.3 Å². The standard InChI is InChI=1S/C25H27N5O/c1-17-13-19(14-22-23(17)24-21(25(31)28-22)3-2-8-27-24)16-29-9-11-30(12-10-29)20-6-4-18(15-26)5-7-20/h4-7,13-14,27H,2-3,8-12,16H2,1H3,(H,28,31). The molecule has 0 radical (unpaired) electrons. The van der Waals surface area contributed by atoms with Crippen LogP contribution >= 0.6 is 0 Å². The minimum absolute atomic E-state index is 0.0438. The van der Waals surface area contributed by atoms with Crippen LogP contribution in [0.1, 0.15) is 28.7 Å². The second kappa shape index (κ2) is 8.09. The van der Waals surface area contributed by atoms with Gasteiger partial charge in [0.05, 0.1) is 22.8 Å². The van der Waals surface area contributed by atoms with Crippen molar-refractivity contribution in [2.24, 2.45) is 0 Å². The fraction of sp³-hybridized carbons (Fsp3) is 0.360. The number of aromatic amines is 1. The number of anilines is 2. The summed E-state index contributed by atoms with van der Waals surface area (Å²) in [5.74, 6) is 0. The summed E-state index contributed by atoms with van der Waals surface area (Å²) in [4.78, 5) is 20.5. The number of nitrogens with zero attached hydrogens (tertiary/aromatic N) is 3. The van der Waals surface area contributed by atoms with E-state index in [0.717, 1.165) is 74.3 Å². The Morgan fingerprint density at radius 3 is 2.61 bits per heavy atom. The summed E-state index contributed by atoms with van der Waals surface area (Å²) in [6.45, 7) is 7.85. The maximum Gasteiger partial charge on any atom is 0.253 e. The van der Waals surface area contributed by atoms with Crippen LogP contribution in [-0.4, -0.2) is 42.6 Å². The second-order valence-electron chi connectivity index (χ2n) is 8.60. The lowest BCUT2D eigenvalue weighted by Gasteiger charge is -2.36. The van der Waals surface area contributed by atoms with Gasteiger partial charge in [-0.1, -0.05) is 6.07 Å². The van der Waals surface area contributed by atoms with Crippen LogP contribution in [0.15, 0.2) is 41.2 Å². The van der Waals surface area contributed by atoms with E-state index in [1.165, 1.54) is 16.8 Å². The van der Waals surface area contributed by atoms with Gasteiger partial charge in [-0.15, -0.1) is 0 Å². The van der Waals surface area contributed by atoms with Crippen LogP contribution in [0.4, 0.5) is 11.4 Å². The van der Waals surface area contributed by atoms with E-state index in [1.807, 2.05) is 24.3 Å².